The number of aryl methyl sites for hydroxylation is 1. The molecule has 0 saturated heterocycles. The van der Waals surface area contributed by atoms with Gasteiger partial charge in [-0.1, -0.05) is 103 Å². The van der Waals surface area contributed by atoms with Crippen molar-refractivity contribution < 1.29 is 33.4 Å². The predicted octanol–water partition coefficient (Wildman–Crippen LogP) is 8.73. The van der Waals surface area contributed by atoms with Crippen LogP contribution in [0.25, 0.3) is 17.0 Å². The molecule has 0 unspecified atom stereocenters. The number of hydrogen-bond donors (Lipinski definition) is 2. The van der Waals surface area contributed by atoms with Crippen molar-refractivity contribution >= 4 is 40.5 Å². The Bertz CT molecular complexity index is 2320. The first-order chi connectivity index (χ1) is 28.4. The highest BCUT2D eigenvalue weighted by Gasteiger charge is 2.38. The number of allylic oxidation sites excluding steroid dienone is 2. The molecule has 9 nitrogen and oxygen atoms in total. The van der Waals surface area contributed by atoms with Crippen LogP contribution in [0.4, 0.5) is 10.5 Å². The van der Waals surface area contributed by atoms with Crippen molar-refractivity contribution in [1.29, 1.82) is 0 Å². The minimum atomic E-state index is -1.09. The van der Waals surface area contributed by atoms with Gasteiger partial charge in [-0.3, -0.25) is 0 Å². The van der Waals surface area contributed by atoms with Gasteiger partial charge in [0.1, 0.15) is 17.1 Å². The molecule has 1 atom stereocenters. The Hall–Kier alpha value is -6.07. The fraction of sp³-hybridized carbons (Fsp3) is 0.208. The molecule has 1 aromatic heterocycles. The fourth-order valence-electron chi connectivity index (χ4n) is 7.16. The van der Waals surface area contributed by atoms with E-state index in [9.17, 15) is 9.90 Å². The van der Waals surface area contributed by atoms with Gasteiger partial charge in [0, 0.05) is 37.0 Å². The Labute approximate surface area is 344 Å². The van der Waals surface area contributed by atoms with E-state index in [1.807, 2.05) is 91.0 Å². The van der Waals surface area contributed by atoms with Gasteiger partial charge < -0.3 is 34.3 Å². The molecule has 1 aliphatic rings. The number of carbonyl (C=O) groups is 1. The molecule has 7 rings (SSSR count). The number of fused-ring (bicyclic) bond motifs is 2. The number of methoxy groups -OCH3 is 2. The maximum Gasteiger partial charge on any atom is 0.407 e. The number of aromatic nitrogens is 1. The van der Waals surface area contributed by atoms with Crippen LogP contribution in [0, 0.1) is 0 Å². The van der Waals surface area contributed by atoms with Crippen molar-refractivity contribution in [2.45, 2.75) is 29.6 Å². The second-order valence-electron chi connectivity index (χ2n) is 13.8. The summed E-state index contributed by atoms with van der Waals surface area (Å²) in [6.45, 7) is 0.747. The molecule has 2 N–H and O–H groups in total. The molecule has 2 heterocycles. The quantitative estimate of drug-likeness (QED) is 0.0572. The minimum absolute atomic E-state index is 0.0537. The Morgan fingerprint density at radius 1 is 0.828 bits per heavy atom. The molecule has 5 aromatic carbocycles. The number of benzene rings is 5. The average Bonchev–Trinajstić information content (AvgIpc) is 3.60. The van der Waals surface area contributed by atoms with E-state index in [0.29, 0.717) is 24.5 Å². The van der Waals surface area contributed by atoms with Crippen molar-refractivity contribution in [1.82, 2.24) is 5.32 Å². The first kappa shape index (κ1) is 40.1. The molecule has 6 aromatic rings. The highest BCUT2D eigenvalue weighted by atomic mass is 32.2. The van der Waals surface area contributed by atoms with Gasteiger partial charge in [0.25, 0.3) is 0 Å². The number of para-hydroxylation sites is 2. The lowest BCUT2D eigenvalue weighted by Gasteiger charge is -2.36. The van der Waals surface area contributed by atoms with E-state index >= 15 is 0 Å². The molecular formula is C48H48N3O6S+. The largest absolute Gasteiger partial charge is 0.497 e. The monoisotopic (exact) mass is 794 g/mol. The number of ether oxygens (including phenoxy) is 4. The zero-order valence-electron chi connectivity index (χ0n) is 32.9. The Kier molecular flexibility index (Phi) is 13.1. The van der Waals surface area contributed by atoms with Crippen LogP contribution in [0.3, 0.4) is 0 Å². The second kappa shape index (κ2) is 18.9. The molecule has 0 bridgehead atoms. The molecule has 10 heteroatoms. The average molecular weight is 795 g/mol. The molecule has 0 spiro atoms. The van der Waals surface area contributed by atoms with Gasteiger partial charge in [-0.15, -0.1) is 0 Å². The Morgan fingerprint density at radius 2 is 1.47 bits per heavy atom. The van der Waals surface area contributed by atoms with Crippen molar-refractivity contribution in [3.63, 3.8) is 0 Å². The fourth-order valence-corrected chi connectivity index (χ4v) is 8.22. The number of thioether (sulfide) groups is 1. The standard InChI is InChI=1S/C48H47N3O6S/c1-50-44-18-9-10-19-45(44)58-46(50)20-11-13-35-29-31-51(43-17-8-7-16-42(35)43)30-12-32-56-47(53)49-33-39(52)34-57-48(36-14-5-4-6-15-36,37-21-25-40(54-2)26-22-37)38-23-27-41(55-3)28-24-38/h4-11,13-29,31,39,52H,12,30,32-34H2,1-3H3/p+1/t39-/m0/s1. The van der Waals surface area contributed by atoms with Gasteiger partial charge in [-0.25, -0.2) is 4.79 Å². The Balaban J connectivity index is 0.942. The van der Waals surface area contributed by atoms with E-state index in [4.69, 9.17) is 18.9 Å². The molecule has 1 amide bonds. The third-order valence-corrected chi connectivity index (χ3v) is 11.4. The summed E-state index contributed by atoms with van der Waals surface area (Å²) < 4.78 is 25.3. The van der Waals surface area contributed by atoms with Crippen molar-refractivity contribution in [2.24, 2.45) is 0 Å². The Morgan fingerprint density at radius 3 is 2.16 bits per heavy atom. The van der Waals surface area contributed by atoms with Gasteiger partial charge in [-0.2, -0.15) is 4.57 Å². The first-order valence-electron chi connectivity index (χ1n) is 19.3. The molecule has 0 saturated carbocycles. The number of rotatable bonds is 16. The van der Waals surface area contributed by atoms with Crippen LogP contribution in [0.5, 0.6) is 11.5 Å². The lowest BCUT2D eigenvalue weighted by atomic mass is 9.80. The summed E-state index contributed by atoms with van der Waals surface area (Å²) in [4.78, 5) is 16.2. The van der Waals surface area contributed by atoms with Gasteiger partial charge >= 0.3 is 6.09 Å². The molecule has 58 heavy (non-hydrogen) atoms. The normalized spacial score (nSPS) is 13.8. The highest BCUT2D eigenvalue weighted by molar-refractivity contribution is 8.03. The van der Waals surface area contributed by atoms with Gasteiger partial charge in [-0.05, 0) is 70.8 Å². The summed E-state index contributed by atoms with van der Waals surface area (Å²) >= 11 is 1.77. The van der Waals surface area contributed by atoms with Crippen LogP contribution in [0.2, 0.25) is 0 Å². The van der Waals surface area contributed by atoms with Crippen LogP contribution in [-0.2, 0) is 21.6 Å². The molecule has 0 radical (unpaired) electrons. The summed E-state index contributed by atoms with van der Waals surface area (Å²) in [5, 5.41) is 16.1. The summed E-state index contributed by atoms with van der Waals surface area (Å²) in [6, 6.07) is 44.1. The number of alkyl carbamates (subject to hydrolysis) is 1. The number of amides is 1. The van der Waals surface area contributed by atoms with E-state index < -0.39 is 17.8 Å². The maximum atomic E-state index is 12.7. The summed E-state index contributed by atoms with van der Waals surface area (Å²) in [6.07, 6.45) is 7.47. The second-order valence-corrected chi connectivity index (χ2v) is 14.9. The van der Waals surface area contributed by atoms with Crippen molar-refractivity contribution in [3.05, 3.63) is 179 Å². The van der Waals surface area contributed by atoms with E-state index in [-0.39, 0.29) is 19.8 Å². The number of anilines is 1. The number of carbonyl (C=O) groups excluding carboxylic acids is 1. The number of nitrogens with zero attached hydrogens (tertiary/aromatic N) is 2. The third-order valence-electron chi connectivity index (χ3n) is 10.2. The van der Waals surface area contributed by atoms with Crippen molar-refractivity contribution in [2.75, 3.05) is 45.9 Å². The number of aliphatic hydroxyl groups is 1. The maximum absolute atomic E-state index is 12.7. The molecule has 0 aliphatic carbocycles. The molecule has 296 valence electrons. The summed E-state index contributed by atoms with van der Waals surface area (Å²) in [5.41, 5.74) is 4.92. The van der Waals surface area contributed by atoms with E-state index in [2.05, 4.69) is 88.7 Å². The molecular weight excluding hydrogens is 747 g/mol. The van der Waals surface area contributed by atoms with Crippen molar-refractivity contribution in [3.8, 4) is 11.5 Å². The number of nitrogens with one attached hydrogen (secondary N) is 1. The van der Waals surface area contributed by atoms with Crippen LogP contribution in [-0.4, -0.2) is 58.3 Å². The first-order valence-corrected chi connectivity index (χ1v) is 20.1. The summed E-state index contributed by atoms with van der Waals surface area (Å²) in [5.74, 6) is 1.42. The zero-order chi connectivity index (χ0) is 40.3. The zero-order valence-corrected chi connectivity index (χ0v) is 33.7. The third kappa shape index (κ3) is 9.05. The van der Waals surface area contributed by atoms with E-state index in [0.717, 1.165) is 33.2 Å². The minimum Gasteiger partial charge on any atom is -0.497 e. The number of hydrogen-bond acceptors (Lipinski definition) is 8. The van der Waals surface area contributed by atoms with Gasteiger partial charge in [0.05, 0.1) is 49.6 Å². The SMILES string of the molecule is COc1ccc(C(OC[C@@H](O)CNC(=O)OCCC[n+]2ccc(/C=C/C=C3/Sc4ccccc4N3C)c3ccccc32)(c2ccccc2)c2ccc(OC)cc2)cc1. The van der Waals surface area contributed by atoms with Crippen LogP contribution < -0.4 is 24.3 Å². The topological polar surface area (TPSA) is 93.4 Å². The van der Waals surface area contributed by atoms with Crippen LogP contribution in [0.1, 0.15) is 28.7 Å². The molecule has 1 aliphatic heterocycles. The lowest BCUT2D eigenvalue weighted by molar-refractivity contribution is -0.672. The van der Waals surface area contributed by atoms with E-state index in [1.54, 1.807) is 26.0 Å². The number of aliphatic hydroxyl groups excluding tert-OH is 1. The number of pyridine rings is 1. The van der Waals surface area contributed by atoms with Gasteiger partial charge in [0.15, 0.2) is 12.7 Å². The summed E-state index contributed by atoms with van der Waals surface area (Å²) in [7, 11) is 5.35. The van der Waals surface area contributed by atoms with Crippen LogP contribution >= 0.6 is 11.8 Å². The lowest BCUT2D eigenvalue weighted by Crippen LogP contribution is -2.40. The van der Waals surface area contributed by atoms with Gasteiger partial charge in [0.2, 0.25) is 5.52 Å². The van der Waals surface area contributed by atoms with E-state index in [1.165, 1.54) is 15.6 Å². The highest BCUT2D eigenvalue weighted by Crippen LogP contribution is 2.45. The van der Waals surface area contributed by atoms with Crippen LogP contribution in [0.15, 0.2) is 162 Å². The molecule has 0 fully saturated rings. The predicted molar refractivity (Wildman–Crippen MR) is 230 cm³/mol. The smallest absolute Gasteiger partial charge is 0.407 e.